The molecule has 26 heavy (non-hydrogen) atoms. The Kier molecular flexibility index (Phi) is 5.73. The largest absolute Gasteiger partial charge is 0.354 e. The molecule has 0 saturated carbocycles. The summed E-state index contributed by atoms with van der Waals surface area (Å²) in [5.41, 5.74) is 1.41. The molecule has 3 rings (SSSR count). The lowest BCUT2D eigenvalue weighted by Gasteiger charge is -2.25. The van der Waals surface area contributed by atoms with Crippen molar-refractivity contribution in [3.63, 3.8) is 0 Å². The van der Waals surface area contributed by atoms with Gasteiger partial charge < -0.3 is 15.1 Å². The molecule has 0 radical (unpaired) electrons. The summed E-state index contributed by atoms with van der Waals surface area (Å²) < 4.78 is 0. The van der Waals surface area contributed by atoms with Gasteiger partial charge in [-0.3, -0.25) is 0 Å². The molecule has 2 aromatic carbocycles. The first-order chi connectivity index (χ1) is 12.8. The second-order valence-electron chi connectivity index (χ2n) is 6.32. The number of nitriles is 2. The number of benzene rings is 2. The Morgan fingerprint density at radius 1 is 1.04 bits per heavy atom. The molecule has 1 aliphatic heterocycles. The second kappa shape index (κ2) is 8.38. The van der Waals surface area contributed by atoms with E-state index in [0.717, 1.165) is 38.5 Å². The van der Waals surface area contributed by atoms with Crippen molar-refractivity contribution in [2.75, 3.05) is 32.7 Å². The van der Waals surface area contributed by atoms with Gasteiger partial charge in [-0.1, -0.05) is 49.4 Å². The Bertz CT molecular complexity index is 866. The van der Waals surface area contributed by atoms with Crippen molar-refractivity contribution >= 4 is 10.8 Å². The predicted molar refractivity (Wildman–Crippen MR) is 103 cm³/mol. The van der Waals surface area contributed by atoms with E-state index in [1.54, 1.807) is 0 Å². The Morgan fingerprint density at radius 2 is 1.77 bits per heavy atom. The first-order valence-corrected chi connectivity index (χ1v) is 9.00. The van der Waals surface area contributed by atoms with Crippen molar-refractivity contribution in [2.45, 2.75) is 13.5 Å². The number of nitrogens with zero attached hydrogens (tertiary/aromatic N) is 4. The van der Waals surface area contributed by atoms with Gasteiger partial charge in [-0.25, -0.2) is 0 Å². The minimum atomic E-state index is 0.194. The molecule has 1 aliphatic rings. The van der Waals surface area contributed by atoms with Crippen LogP contribution in [0.5, 0.6) is 0 Å². The van der Waals surface area contributed by atoms with Gasteiger partial charge in [-0.15, -0.1) is 0 Å². The zero-order valence-corrected chi connectivity index (χ0v) is 15.1. The number of hydrogen-bond donors (Lipinski definition) is 1. The monoisotopic (exact) mass is 345 g/mol. The molecular weight excluding hydrogens is 322 g/mol. The van der Waals surface area contributed by atoms with Gasteiger partial charge >= 0.3 is 0 Å². The summed E-state index contributed by atoms with van der Waals surface area (Å²) in [4.78, 5) is 4.31. The van der Waals surface area contributed by atoms with Crippen molar-refractivity contribution in [2.24, 2.45) is 0 Å². The van der Waals surface area contributed by atoms with E-state index in [-0.39, 0.29) is 5.57 Å². The SMILES string of the molecule is CCNCCN1CCN(Cc2cccc3ccccc23)C1=C(C#N)C#N. The predicted octanol–water partition coefficient (Wildman–Crippen LogP) is 2.83. The molecule has 0 atom stereocenters. The average Bonchev–Trinajstić information content (AvgIpc) is 3.06. The Morgan fingerprint density at radius 3 is 2.54 bits per heavy atom. The molecule has 0 spiro atoms. The number of rotatable bonds is 6. The molecule has 5 heteroatoms. The maximum Gasteiger partial charge on any atom is 0.169 e. The van der Waals surface area contributed by atoms with E-state index in [0.29, 0.717) is 6.54 Å². The van der Waals surface area contributed by atoms with Crippen LogP contribution in [0.25, 0.3) is 10.8 Å². The van der Waals surface area contributed by atoms with Crippen LogP contribution < -0.4 is 5.32 Å². The number of fused-ring (bicyclic) bond motifs is 1. The molecule has 0 unspecified atom stereocenters. The lowest BCUT2D eigenvalue weighted by atomic mass is 10.0. The molecule has 1 N–H and O–H groups in total. The summed E-state index contributed by atoms with van der Waals surface area (Å²) in [5, 5.41) is 24.6. The van der Waals surface area contributed by atoms with Crippen LogP contribution in [0.1, 0.15) is 12.5 Å². The van der Waals surface area contributed by atoms with Crippen LogP contribution in [0.3, 0.4) is 0 Å². The molecular formula is C21H23N5. The van der Waals surface area contributed by atoms with Crippen molar-refractivity contribution in [1.29, 1.82) is 10.5 Å². The molecule has 1 heterocycles. The average molecular weight is 345 g/mol. The second-order valence-corrected chi connectivity index (χ2v) is 6.32. The molecule has 0 aliphatic carbocycles. The van der Waals surface area contributed by atoms with E-state index in [1.807, 2.05) is 12.1 Å². The summed E-state index contributed by atoms with van der Waals surface area (Å²) in [7, 11) is 0. The molecule has 2 aromatic rings. The third kappa shape index (κ3) is 3.64. The van der Waals surface area contributed by atoms with Gasteiger partial charge in [0.15, 0.2) is 5.57 Å². The quantitative estimate of drug-likeness (QED) is 0.644. The molecule has 0 aromatic heterocycles. The Balaban J connectivity index is 1.90. The molecule has 0 bridgehead atoms. The molecule has 1 saturated heterocycles. The summed E-state index contributed by atoms with van der Waals surface area (Å²) in [6, 6.07) is 18.8. The van der Waals surface area contributed by atoms with Crippen LogP contribution in [0.4, 0.5) is 0 Å². The van der Waals surface area contributed by atoms with Crippen molar-refractivity contribution in [1.82, 2.24) is 15.1 Å². The van der Waals surface area contributed by atoms with E-state index in [2.05, 4.69) is 64.5 Å². The van der Waals surface area contributed by atoms with Gasteiger partial charge in [0.1, 0.15) is 18.0 Å². The zero-order chi connectivity index (χ0) is 18.4. The van der Waals surface area contributed by atoms with E-state index >= 15 is 0 Å². The maximum absolute atomic E-state index is 9.43. The third-order valence-electron chi connectivity index (χ3n) is 4.74. The van der Waals surface area contributed by atoms with Gasteiger partial charge in [0.25, 0.3) is 0 Å². The summed E-state index contributed by atoms with van der Waals surface area (Å²) >= 11 is 0. The Labute approximate surface area is 154 Å². The highest BCUT2D eigenvalue weighted by Crippen LogP contribution is 2.27. The minimum absolute atomic E-state index is 0.194. The first-order valence-electron chi connectivity index (χ1n) is 9.00. The number of likely N-dealkylation sites (N-methyl/N-ethyl adjacent to an activating group) is 1. The fourth-order valence-corrected chi connectivity index (χ4v) is 3.49. The summed E-state index contributed by atoms with van der Waals surface area (Å²) in [5.74, 6) is 0.765. The maximum atomic E-state index is 9.43. The van der Waals surface area contributed by atoms with Crippen LogP contribution in [0, 0.1) is 22.7 Å². The van der Waals surface area contributed by atoms with E-state index in [4.69, 9.17) is 0 Å². The number of hydrogen-bond acceptors (Lipinski definition) is 5. The van der Waals surface area contributed by atoms with Crippen LogP contribution >= 0.6 is 0 Å². The highest BCUT2D eigenvalue weighted by atomic mass is 15.4. The van der Waals surface area contributed by atoms with Crippen molar-refractivity contribution < 1.29 is 0 Å². The standard InChI is InChI=1S/C21H23N5/c1-2-24-10-11-25-12-13-26(21(25)19(14-22)15-23)16-18-8-5-7-17-6-3-4-9-20(17)18/h3-9,24H,2,10-13,16H2,1H3. The topological polar surface area (TPSA) is 66.1 Å². The normalized spacial score (nSPS) is 13.7. The highest BCUT2D eigenvalue weighted by Gasteiger charge is 2.28. The lowest BCUT2D eigenvalue weighted by molar-refractivity contribution is 0.328. The molecule has 132 valence electrons. The van der Waals surface area contributed by atoms with Crippen molar-refractivity contribution in [3.05, 3.63) is 59.4 Å². The van der Waals surface area contributed by atoms with E-state index < -0.39 is 0 Å². The molecule has 5 nitrogen and oxygen atoms in total. The van der Waals surface area contributed by atoms with Crippen LogP contribution in [-0.4, -0.2) is 42.5 Å². The molecule has 0 amide bonds. The summed E-state index contributed by atoms with van der Waals surface area (Å²) in [6.45, 7) is 6.96. The van der Waals surface area contributed by atoms with E-state index in [1.165, 1.54) is 16.3 Å². The van der Waals surface area contributed by atoms with E-state index in [9.17, 15) is 10.5 Å². The third-order valence-corrected chi connectivity index (χ3v) is 4.74. The lowest BCUT2D eigenvalue weighted by Crippen LogP contribution is -2.31. The fourth-order valence-electron chi connectivity index (χ4n) is 3.49. The number of nitrogens with one attached hydrogen (secondary N) is 1. The molecule has 1 fully saturated rings. The minimum Gasteiger partial charge on any atom is -0.354 e. The van der Waals surface area contributed by atoms with Gasteiger partial charge in [0, 0.05) is 32.7 Å². The van der Waals surface area contributed by atoms with Crippen LogP contribution in [0.2, 0.25) is 0 Å². The fraction of sp³-hybridized carbons (Fsp3) is 0.333. The van der Waals surface area contributed by atoms with Crippen LogP contribution in [-0.2, 0) is 6.54 Å². The highest BCUT2D eigenvalue weighted by molar-refractivity contribution is 5.85. The number of allylic oxidation sites excluding steroid dienone is 1. The first kappa shape index (κ1) is 17.8. The van der Waals surface area contributed by atoms with Crippen LogP contribution in [0.15, 0.2) is 53.9 Å². The summed E-state index contributed by atoms with van der Waals surface area (Å²) in [6.07, 6.45) is 0. The van der Waals surface area contributed by atoms with Gasteiger partial charge in [-0.2, -0.15) is 10.5 Å². The van der Waals surface area contributed by atoms with Gasteiger partial charge in [0.2, 0.25) is 0 Å². The zero-order valence-electron chi connectivity index (χ0n) is 15.1. The van der Waals surface area contributed by atoms with Crippen molar-refractivity contribution in [3.8, 4) is 12.1 Å². The Hall–Kier alpha value is -3.02. The van der Waals surface area contributed by atoms with Gasteiger partial charge in [-0.05, 0) is 22.9 Å². The van der Waals surface area contributed by atoms with Gasteiger partial charge in [0.05, 0.1) is 0 Å². The smallest absolute Gasteiger partial charge is 0.169 e.